The van der Waals surface area contributed by atoms with E-state index in [9.17, 15) is 18.0 Å². The van der Waals surface area contributed by atoms with Gasteiger partial charge in [0.1, 0.15) is 5.75 Å². The molecule has 1 fully saturated rings. The topological polar surface area (TPSA) is 56.4 Å². The lowest BCUT2D eigenvalue weighted by molar-refractivity contribution is -0.274. The number of rotatable bonds is 4. The van der Waals surface area contributed by atoms with Crippen LogP contribution in [0.4, 0.5) is 13.2 Å². The first-order chi connectivity index (χ1) is 12.9. The molecule has 0 aliphatic carbocycles. The number of benzene rings is 2. The highest BCUT2D eigenvalue weighted by molar-refractivity contribution is 5.85. The fourth-order valence-corrected chi connectivity index (χ4v) is 3.39. The number of oxazole rings is 1. The summed E-state index contributed by atoms with van der Waals surface area (Å²) < 4.78 is 47.7. The molecule has 2 heterocycles. The van der Waals surface area contributed by atoms with Crippen LogP contribution in [0.5, 0.6) is 5.75 Å². The number of nitrogens with zero attached hydrogens (tertiary/aromatic N) is 1. The van der Waals surface area contributed by atoms with Gasteiger partial charge in [0.25, 0.3) is 0 Å². The first-order valence-electron chi connectivity index (χ1n) is 8.59. The molecule has 1 N–H and O–H groups in total. The number of nitrogens with one attached hydrogen (secondary N) is 1. The van der Waals surface area contributed by atoms with E-state index in [1.165, 1.54) is 12.1 Å². The molecule has 150 valence electrons. The predicted molar refractivity (Wildman–Crippen MR) is 101 cm³/mol. The molecule has 0 amide bonds. The van der Waals surface area contributed by atoms with E-state index in [1.807, 2.05) is 6.07 Å². The van der Waals surface area contributed by atoms with Crippen molar-refractivity contribution in [2.45, 2.75) is 19.3 Å². The van der Waals surface area contributed by atoms with Crippen molar-refractivity contribution < 1.29 is 22.3 Å². The van der Waals surface area contributed by atoms with Crippen molar-refractivity contribution in [3.05, 3.63) is 53.0 Å². The van der Waals surface area contributed by atoms with Gasteiger partial charge in [-0.15, -0.1) is 25.6 Å². The highest BCUT2D eigenvalue weighted by Gasteiger charge is 2.31. The molecule has 5 nitrogen and oxygen atoms in total. The van der Waals surface area contributed by atoms with E-state index in [4.69, 9.17) is 4.42 Å². The lowest BCUT2D eigenvalue weighted by atomic mass is 10.0. The van der Waals surface area contributed by atoms with E-state index in [0.29, 0.717) is 29.1 Å². The highest BCUT2D eigenvalue weighted by Crippen LogP contribution is 2.28. The molecule has 0 radical (unpaired) electrons. The van der Waals surface area contributed by atoms with Gasteiger partial charge in [-0.3, -0.25) is 4.57 Å². The van der Waals surface area contributed by atoms with Gasteiger partial charge in [0.15, 0.2) is 5.58 Å². The van der Waals surface area contributed by atoms with E-state index in [2.05, 4.69) is 10.1 Å². The van der Waals surface area contributed by atoms with Gasteiger partial charge >= 0.3 is 12.1 Å². The molecule has 3 aromatic rings. The second-order valence-corrected chi connectivity index (χ2v) is 6.59. The molecule has 2 aromatic carbocycles. The molecule has 1 aromatic heterocycles. The number of hydrogen-bond acceptors (Lipinski definition) is 4. The summed E-state index contributed by atoms with van der Waals surface area (Å²) in [6, 6.07) is 10.9. The van der Waals surface area contributed by atoms with Crippen LogP contribution < -0.4 is 15.8 Å². The Morgan fingerprint density at radius 3 is 2.50 bits per heavy atom. The third-order valence-corrected chi connectivity index (χ3v) is 4.69. The molecule has 9 heteroatoms. The Morgan fingerprint density at radius 1 is 1.14 bits per heavy atom. The van der Waals surface area contributed by atoms with E-state index >= 15 is 0 Å². The van der Waals surface area contributed by atoms with Crippen LogP contribution >= 0.6 is 12.4 Å². The molecule has 1 aliphatic heterocycles. The predicted octanol–water partition coefficient (Wildman–Crippen LogP) is 4.19. The average Bonchev–Trinajstić information content (AvgIpc) is 3.23. The van der Waals surface area contributed by atoms with Crippen LogP contribution in [-0.4, -0.2) is 24.0 Å². The number of aromatic nitrogens is 1. The lowest BCUT2D eigenvalue weighted by Gasteiger charge is -2.10. The largest absolute Gasteiger partial charge is 0.573 e. The van der Waals surface area contributed by atoms with Crippen LogP contribution in [0.25, 0.3) is 22.2 Å². The van der Waals surface area contributed by atoms with Gasteiger partial charge in [-0.25, -0.2) is 4.79 Å². The molecule has 0 bridgehead atoms. The van der Waals surface area contributed by atoms with Gasteiger partial charge in [-0.05, 0) is 60.8 Å². The third kappa shape index (κ3) is 4.34. The minimum absolute atomic E-state index is 0. The zero-order valence-corrected chi connectivity index (χ0v) is 15.5. The molecule has 1 aliphatic rings. The zero-order chi connectivity index (χ0) is 19.0. The van der Waals surface area contributed by atoms with Crippen LogP contribution in [0.1, 0.15) is 6.42 Å². The number of hydrogen-bond donors (Lipinski definition) is 1. The van der Waals surface area contributed by atoms with Crippen molar-refractivity contribution in [2.75, 3.05) is 13.1 Å². The Bertz CT molecular complexity index is 1010. The van der Waals surface area contributed by atoms with Crippen LogP contribution in [0.2, 0.25) is 0 Å². The van der Waals surface area contributed by atoms with Crippen molar-refractivity contribution in [2.24, 2.45) is 5.92 Å². The van der Waals surface area contributed by atoms with Gasteiger partial charge in [0.2, 0.25) is 0 Å². The maximum Gasteiger partial charge on any atom is 0.573 e. The van der Waals surface area contributed by atoms with Gasteiger partial charge < -0.3 is 14.5 Å². The molecule has 0 spiro atoms. The van der Waals surface area contributed by atoms with Crippen LogP contribution in [-0.2, 0) is 6.54 Å². The Hall–Kier alpha value is -2.45. The summed E-state index contributed by atoms with van der Waals surface area (Å²) in [6.45, 7) is 2.37. The molecule has 0 saturated carbocycles. The second kappa shape index (κ2) is 7.89. The number of alkyl halides is 3. The summed E-state index contributed by atoms with van der Waals surface area (Å²) >= 11 is 0. The molecular weight excluding hydrogens is 397 g/mol. The van der Waals surface area contributed by atoms with Gasteiger partial charge in [-0.1, -0.05) is 18.2 Å². The highest BCUT2D eigenvalue weighted by atomic mass is 35.5. The van der Waals surface area contributed by atoms with Crippen molar-refractivity contribution in [3.63, 3.8) is 0 Å². The van der Waals surface area contributed by atoms with Gasteiger partial charge in [-0.2, -0.15) is 0 Å². The van der Waals surface area contributed by atoms with Crippen LogP contribution in [0.3, 0.4) is 0 Å². The maximum atomic E-state index is 12.3. The quantitative estimate of drug-likeness (QED) is 0.695. The Kier molecular flexibility index (Phi) is 5.71. The van der Waals surface area contributed by atoms with E-state index in [-0.39, 0.29) is 18.2 Å². The van der Waals surface area contributed by atoms with Gasteiger partial charge in [0, 0.05) is 6.54 Å². The van der Waals surface area contributed by atoms with Crippen LogP contribution in [0, 0.1) is 5.92 Å². The molecule has 1 atom stereocenters. The van der Waals surface area contributed by atoms with E-state index in [0.717, 1.165) is 25.1 Å². The molecular formula is C19H18ClF3N2O3. The maximum absolute atomic E-state index is 12.3. The number of ether oxygens (including phenoxy) is 1. The summed E-state index contributed by atoms with van der Waals surface area (Å²) in [5.41, 5.74) is 2.67. The summed E-state index contributed by atoms with van der Waals surface area (Å²) in [4.78, 5) is 12.2. The first kappa shape index (κ1) is 20.3. The molecule has 1 saturated heterocycles. The van der Waals surface area contributed by atoms with Crippen LogP contribution in [0.15, 0.2) is 51.7 Å². The van der Waals surface area contributed by atoms with Crippen molar-refractivity contribution in [1.29, 1.82) is 0 Å². The van der Waals surface area contributed by atoms with Gasteiger partial charge in [0.05, 0.1) is 5.52 Å². The number of halogens is 4. The fraction of sp³-hybridized carbons (Fsp3) is 0.316. The SMILES string of the molecule is Cl.O=c1oc2ccc(-c3ccc(OC(F)(F)F)cc3)cc2n1C[C@H]1CCNC1. The smallest absolute Gasteiger partial charge is 0.408 e. The third-order valence-electron chi connectivity index (χ3n) is 4.69. The molecule has 4 rings (SSSR count). The Morgan fingerprint density at radius 2 is 1.86 bits per heavy atom. The fourth-order valence-electron chi connectivity index (χ4n) is 3.39. The minimum atomic E-state index is -4.72. The lowest BCUT2D eigenvalue weighted by Crippen LogP contribution is -2.21. The average molecular weight is 415 g/mol. The summed E-state index contributed by atoms with van der Waals surface area (Å²) in [6.07, 6.45) is -3.72. The van der Waals surface area contributed by atoms with E-state index in [1.54, 1.807) is 28.8 Å². The van der Waals surface area contributed by atoms with E-state index < -0.39 is 12.1 Å². The Balaban J connectivity index is 0.00000225. The minimum Gasteiger partial charge on any atom is -0.408 e. The summed E-state index contributed by atoms with van der Waals surface area (Å²) in [5.74, 6) is -0.310. The zero-order valence-electron chi connectivity index (χ0n) is 14.7. The summed E-state index contributed by atoms with van der Waals surface area (Å²) in [5, 5.41) is 3.27. The van der Waals surface area contributed by atoms with Crippen molar-refractivity contribution in [1.82, 2.24) is 9.88 Å². The normalized spacial score (nSPS) is 16.9. The molecule has 28 heavy (non-hydrogen) atoms. The standard InChI is InChI=1S/C19H17F3N2O3.ClH/c20-19(21,22)27-15-4-1-13(2-5-15)14-3-6-17-16(9-14)24(18(25)26-17)11-12-7-8-23-10-12;/h1-6,9,12,23H,7-8,10-11H2;1H/t12-;/m0./s1. The molecule has 0 unspecified atom stereocenters. The second-order valence-electron chi connectivity index (χ2n) is 6.59. The summed E-state index contributed by atoms with van der Waals surface area (Å²) in [7, 11) is 0. The van der Waals surface area contributed by atoms with Crippen molar-refractivity contribution >= 4 is 23.5 Å². The monoisotopic (exact) mass is 414 g/mol. The first-order valence-corrected chi connectivity index (χ1v) is 8.59. The number of fused-ring (bicyclic) bond motifs is 1. The Labute approximate surface area is 164 Å². The van der Waals surface area contributed by atoms with Crippen molar-refractivity contribution in [3.8, 4) is 16.9 Å².